The van der Waals surface area contributed by atoms with Crippen molar-refractivity contribution in [3.05, 3.63) is 64.2 Å². The van der Waals surface area contributed by atoms with Gasteiger partial charge < -0.3 is 14.5 Å². The van der Waals surface area contributed by atoms with Gasteiger partial charge in [-0.15, -0.1) is 0 Å². The maximum Gasteiger partial charge on any atom is 0.257 e. The number of halogens is 3. The Morgan fingerprint density at radius 3 is 2.62 bits per heavy atom. The Bertz CT molecular complexity index is 808. The van der Waals surface area contributed by atoms with Gasteiger partial charge in [0.25, 0.3) is 5.91 Å². The van der Waals surface area contributed by atoms with Crippen LogP contribution in [0.2, 0.25) is 5.02 Å². The van der Waals surface area contributed by atoms with E-state index in [0.29, 0.717) is 43.5 Å². The number of amides is 1. The van der Waals surface area contributed by atoms with E-state index in [-0.39, 0.29) is 17.3 Å². The van der Waals surface area contributed by atoms with Crippen LogP contribution < -0.4 is 9.64 Å². The number of methoxy groups -OCH3 is 1. The summed E-state index contributed by atoms with van der Waals surface area (Å²) in [6.07, 6.45) is 0. The van der Waals surface area contributed by atoms with Gasteiger partial charge in [-0.3, -0.25) is 4.79 Å². The number of piperazine rings is 1. The summed E-state index contributed by atoms with van der Waals surface area (Å²) >= 11 is 5.87. The molecule has 0 radical (unpaired) electrons. The maximum absolute atomic E-state index is 13.9. The molecule has 0 saturated carbocycles. The lowest BCUT2D eigenvalue weighted by molar-refractivity contribution is -0.917. The van der Waals surface area contributed by atoms with Crippen molar-refractivity contribution in [1.29, 1.82) is 0 Å². The third kappa shape index (κ3) is 4.14. The summed E-state index contributed by atoms with van der Waals surface area (Å²) in [7, 11) is 1.56. The number of rotatable bonds is 4. The van der Waals surface area contributed by atoms with Crippen molar-refractivity contribution in [3.8, 4) is 5.75 Å². The Morgan fingerprint density at radius 2 is 1.92 bits per heavy atom. The fraction of sp³-hybridized carbons (Fsp3) is 0.316. The summed E-state index contributed by atoms with van der Waals surface area (Å²) in [6, 6.07) is 8.44. The van der Waals surface area contributed by atoms with E-state index in [1.54, 1.807) is 18.1 Å². The van der Waals surface area contributed by atoms with Crippen LogP contribution in [0.3, 0.4) is 0 Å². The lowest BCUT2D eigenvalue weighted by atomic mass is 10.1. The minimum Gasteiger partial charge on any atom is -0.496 e. The zero-order valence-corrected chi connectivity index (χ0v) is 15.2. The number of quaternary nitrogens is 1. The maximum atomic E-state index is 13.9. The normalized spacial score (nSPS) is 15.2. The summed E-state index contributed by atoms with van der Waals surface area (Å²) in [5, 5.41) is 0.331. The van der Waals surface area contributed by atoms with Crippen LogP contribution >= 0.6 is 11.6 Å². The summed E-state index contributed by atoms with van der Waals surface area (Å²) in [4.78, 5) is 15.4. The molecule has 3 rings (SSSR count). The topological polar surface area (TPSA) is 34.0 Å². The molecule has 4 nitrogen and oxygen atoms in total. The SMILES string of the molecule is COc1ccc(F)cc1C[NH+]1CCN(C(=O)c2cc(Cl)ccc2F)CC1. The minimum absolute atomic E-state index is 0.00671. The molecule has 0 unspecified atom stereocenters. The van der Waals surface area contributed by atoms with Crippen LogP contribution in [-0.2, 0) is 6.54 Å². The molecule has 1 heterocycles. The lowest BCUT2D eigenvalue weighted by Gasteiger charge is -2.32. The van der Waals surface area contributed by atoms with Crippen LogP contribution in [-0.4, -0.2) is 44.1 Å². The van der Waals surface area contributed by atoms with Crippen molar-refractivity contribution < 1.29 is 23.2 Å². The molecule has 7 heteroatoms. The zero-order valence-electron chi connectivity index (χ0n) is 14.4. The van der Waals surface area contributed by atoms with Gasteiger partial charge in [-0.05, 0) is 36.4 Å². The number of carbonyl (C=O) groups is 1. The molecule has 0 bridgehead atoms. The molecule has 2 aromatic carbocycles. The number of ether oxygens (including phenoxy) is 1. The van der Waals surface area contributed by atoms with E-state index in [1.807, 2.05) is 0 Å². The molecule has 1 fully saturated rings. The lowest BCUT2D eigenvalue weighted by Crippen LogP contribution is -3.13. The molecule has 1 amide bonds. The van der Waals surface area contributed by atoms with Gasteiger partial charge in [0.15, 0.2) is 0 Å². The quantitative estimate of drug-likeness (QED) is 0.880. The molecule has 0 aromatic heterocycles. The molecule has 1 aliphatic rings. The Balaban J connectivity index is 1.63. The van der Waals surface area contributed by atoms with Gasteiger partial charge in [0, 0.05) is 5.02 Å². The largest absolute Gasteiger partial charge is 0.496 e. The second kappa shape index (κ2) is 8.01. The average molecular weight is 382 g/mol. The highest BCUT2D eigenvalue weighted by Crippen LogP contribution is 2.19. The number of nitrogens with one attached hydrogen (secondary N) is 1. The third-order valence-electron chi connectivity index (χ3n) is 4.60. The second-order valence-corrected chi connectivity index (χ2v) is 6.74. The van der Waals surface area contributed by atoms with E-state index in [9.17, 15) is 13.6 Å². The first-order valence-electron chi connectivity index (χ1n) is 8.38. The van der Waals surface area contributed by atoms with Gasteiger partial charge in [0.2, 0.25) is 0 Å². The van der Waals surface area contributed by atoms with E-state index >= 15 is 0 Å². The van der Waals surface area contributed by atoms with Gasteiger partial charge in [0.05, 0.1) is 44.4 Å². The highest BCUT2D eigenvalue weighted by molar-refractivity contribution is 6.31. The van der Waals surface area contributed by atoms with Crippen LogP contribution in [0, 0.1) is 11.6 Å². The highest BCUT2D eigenvalue weighted by atomic mass is 35.5. The summed E-state index contributed by atoms with van der Waals surface area (Å²) in [6.45, 7) is 2.98. The minimum atomic E-state index is -0.571. The van der Waals surface area contributed by atoms with E-state index < -0.39 is 5.82 Å². The van der Waals surface area contributed by atoms with E-state index in [1.165, 1.54) is 35.2 Å². The van der Waals surface area contributed by atoms with Crippen molar-refractivity contribution in [2.45, 2.75) is 6.54 Å². The fourth-order valence-electron chi connectivity index (χ4n) is 3.19. The number of benzene rings is 2. The Kier molecular flexibility index (Phi) is 5.74. The molecule has 1 saturated heterocycles. The molecular weight excluding hydrogens is 362 g/mol. The molecule has 0 spiro atoms. The van der Waals surface area contributed by atoms with Crippen LogP contribution in [0.1, 0.15) is 15.9 Å². The molecule has 0 atom stereocenters. The second-order valence-electron chi connectivity index (χ2n) is 6.30. The van der Waals surface area contributed by atoms with Crippen LogP contribution in [0.5, 0.6) is 5.75 Å². The Labute approximate surface area is 155 Å². The van der Waals surface area contributed by atoms with Crippen molar-refractivity contribution in [2.24, 2.45) is 0 Å². The molecule has 0 aliphatic carbocycles. The summed E-state index contributed by atoms with van der Waals surface area (Å²) in [5.41, 5.74) is 0.788. The first-order valence-corrected chi connectivity index (χ1v) is 8.76. The van der Waals surface area contributed by atoms with Crippen LogP contribution in [0.4, 0.5) is 8.78 Å². The van der Waals surface area contributed by atoms with Gasteiger partial charge in [-0.2, -0.15) is 0 Å². The molecule has 26 heavy (non-hydrogen) atoms. The van der Waals surface area contributed by atoms with E-state index in [4.69, 9.17) is 16.3 Å². The predicted molar refractivity (Wildman–Crippen MR) is 94.7 cm³/mol. The van der Waals surface area contributed by atoms with E-state index in [2.05, 4.69) is 0 Å². The summed E-state index contributed by atoms with van der Waals surface area (Å²) < 4.78 is 32.7. The molecule has 138 valence electrons. The zero-order chi connectivity index (χ0) is 18.7. The van der Waals surface area contributed by atoms with Crippen molar-refractivity contribution >= 4 is 17.5 Å². The molecular formula is C19H20ClF2N2O2+. The standard InChI is InChI=1S/C19H19ClF2N2O2/c1-26-18-5-3-15(21)10-13(18)12-23-6-8-24(9-7-23)19(25)16-11-14(20)2-4-17(16)22/h2-5,10-11H,6-9,12H2,1H3/p+1. The fourth-order valence-corrected chi connectivity index (χ4v) is 3.36. The highest BCUT2D eigenvalue weighted by Gasteiger charge is 2.27. The average Bonchev–Trinajstić information content (AvgIpc) is 2.64. The third-order valence-corrected chi connectivity index (χ3v) is 4.83. The first-order chi connectivity index (χ1) is 12.5. The monoisotopic (exact) mass is 381 g/mol. The number of hydrogen-bond donors (Lipinski definition) is 1. The van der Waals surface area contributed by atoms with E-state index in [0.717, 1.165) is 5.56 Å². The van der Waals surface area contributed by atoms with Gasteiger partial charge >= 0.3 is 0 Å². The Morgan fingerprint density at radius 1 is 1.19 bits per heavy atom. The number of nitrogens with zero attached hydrogens (tertiary/aromatic N) is 1. The first kappa shape index (κ1) is 18.6. The predicted octanol–water partition coefficient (Wildman–Crippen LogP) is 2.17. The van der Waals surface area contributed by atoms with Crippen LogP contribution in [0.25, 0.3) is 0 Å². The molecule has 1 aliphatic heterocycles. The number of hydrogen-bond acceptors (Lipinski definition) is 2. The van der Waals surface area contributed by atoms with Crippen molar-refractivity contribution in [3.63, 3.8) is 0 Å². The van der Waals surface area contributed by atoms with Crippen molar-refractivity contribution in [1.82, 2.24) is 4.90 Å². The molecule has 1 N–H and O–H groups in total. The van der Waals surface area contributed by atoms with Crippen molar-refractivity contribution in [2.75, 3.05) is 33.3 Å². The smallest absolute Gasteiger partial charge is 0.257 e. The van der Waals surface area contributed by atoms with Gasteiger partial charge in [-0.25, -0.2) is 8.78 Å². The van der Waals surface area contributed by atoms with Crippen LogP contribution in [0.15, 0.2) is 36.4 Å². The molecule has 2 aromatic rings. The van der Waals surface area contributed by atoms with Gasteiger partial charge in [0.1, 0.15) is 23.9 Å². The van der Waals surface area contributed by atoms with Gasteiger partial charge in [-0.1, -0.05) is 11.6 Å². The Hall–Kier alpha value is -2.18. The summed E-state index contributed by atoms with van der Waals surface area (Å²) in [5.74, 6) is -0.574. The number of carbonyl (C=O) groups excluding carboxylic acids is 1.